The first-order valence-corrected chi connectivity index (χ1v) is 20.4. The van der Waals surface area contributed by atoms with Crippen LogP contribution in [0, 0.1) is 39.7 Å². The highest BCUT2D eigenvalue weighted by atomic mass is 28.4. The van der Waals surface area contributed by atoms with Gasteiger partial charge in [-0.15, -0.1) is 0 Å². The molecule has 8 nitrogen and oxygen atoms in total. The van der Waals surface area contributed by atoms with Gasteiger partial charge < -0.3 is 14.1 Å². The van der Waals surface area contributed by atoms with E-state index in [1.54, 1.807) is 6.07 Å². The van der Waals surface area contributed by atoms with Crippen LogP contribution in [0.4, 0.5) is 14.5 Å². The topological polar surface area (TPSA) is 93.3 Å². The minimum atomic E-state index is -1.81. The lowest BCUT2D eigenvalue weighted by atomic mass is 9.35. The van der Waals surface area contributed by atoms with Crippen LogP contribution in [0.25, 0.3) is 22.2 Å². The molecule has 262 valence electrons. The van der Waals surface area contributed by atoms with Crippen molar-refractivity contribution in [1.29, 1.82) is 5.26 Å². The Morgan fingerprint density at radius 2 is 1.82 bits per heavy atom. The van der Waals surface area contributed by atoms with Crippen molar-refractivity contribution in [2.24, 2.45) is 16.7 Å². The number of nitrogens with zero attached hydrogens (tertiary/aromatic N) is 5. The van der Waals surface area contributed by atoms with Gasteiger partial charge in [0.1, 0.15) is 11.8 Å². The number of anilines is 1. The number of nitriles is 1. The van der Waals surface area contributed by atoms with Crippen molar-refractivity contribution < 1.29 is 22.7 Å². The maximum Gasteiger partial charge on any atom is 0.265 e. The number of halogens is 2. The van der Waals surface area contributed by atoms with Crippen molar-refractivity contribution in [3.05, 3.63) is 71.1 Å². The summed E-state index contributed by atoms with van der Waals surface area (Å²) in [5.74, 6) is -1.45. The smallest absolute Gasteiger partial charge is 0.265 e. The molecular weight excluding hydrogens is 653 g/mol. The van der Waals surface area contributed by atoms with Crippen molar-refractivity contribution >= 4 is 30.9 Å². The van der Waals surface area contributed by atoms with Crippen LogP contribution in [0.5, 0.6) is 5.75 Å². The van der Waals surface area contributed by atoms with Crippen molar-refractivity contribution in [2.45, 2.75) is 91.5 Å². The van der Waals surface area contributed by atoms with Gasteiger partial charge in [0, 0.05) is 24.1 Å². The van der Waals surface area contributed by atoms with Crippen LogP contribution in [0.15, 0.2) is 42.6 Å². The van der Waals surface area contributed by atoms with Gasteiger partial charge in [-0.25, -0.2) is 18.4 Å². The lowest BCUT2D eigenvalue weighted by Crippen LogP contribution is -2.66. The standard InChI is InChI=1S/C39H45F2N5O3Si/c1-24(2)12-31-27(15-42)35(26-9-11-32-33(14-26)48-18-34(47)45(32)17-25-8-10-29(40)30(41)13-25)28-16-43-46(36(28)44-31)22-38-19-39(20-38,21-38)23-49-50(6,7)37(3,4)5/h8-11,13-14,16,24H,12,17-23H2,1-7H3. The van der Waals surface area contributed by atoms with Crippen molar-refractivity contribution in [3.63, 3.8) is 0 Å². The normalized spacial score (nSPS) is 21.5. The Morgan fingerprint density at radius 3 is 2.48 bits per heavy atom. The number of carbonyl (C=O) groups is 1. The summed E-state index contributed by atoms with van der Waals surface area (Å²) in [5, 5.41) is 16.4. The molecule has 4 aliphatic rings. The van der Waals surface area contributed by atoms with Crippen LogP contribution in [-0.4, -0.2) is 42.2 Å². The number of aromatic nitrogens is 3. The molecule has 0 N–H and O–H groups in total. The molecule has 0 atom stereocenters. The van der Waals surface area contributed by atoms with E-state index in [2.05, 4.69) is 53.8 Å². The quantitative estimate of drug-likeness (QED) is 0.154. The fourth-order valence-corrected chi connectivity index (χ4v) is 9.08. The number of benzene rings is 2. The molecule has 3 fully saturated rings. The first-order chi connectivity index (χ1) is 23.5. The summed E-state index contributed by atoms with van der Waals surface area (Å²) in [5.41, 5.74) is 4.94. The van der Waals surface area contributed by atoms with E-state index in [4.69, 9.17) is 19.2 Å². The summed E-state index contributed by atoms with van der Waals surface area (Å²) in [4.78, 5) is 19.6. The van der Waals surface area contributed by atoms with Crippen LogP contribution in [0.1, 0.15) is 70.7 Å². The van der Waals surface area contributed by atoms with Crippen LogP contribution >= 0.6 is 0 Å². The summed E-state index contributed by atoms with van der Waals surface area (Å²) in [6.07, 6.45) is 5.83. The zero-order valence-electron chi connectivity index (χ0n) is 30.0. The largest absolute Gasteiger partial charge is 0.482 e. The highest BCUT2D eigenvalue weighted by molar-refractivity contribution is 6.74. The lowest BCUT2D eigenvalue weighted by molar-refractivity contribution is -0.228. The number of fused-ring (bicyclic) bond motifs is 2. The molecule has 2 bridgehead atoms. The van der Waals surface area contributed by atoms with Gasteiger partial charge in [0.25, 0.3) is 5.91 Å². The maximum atomic E-state index is 14.0. The minimum Gasteiger partial charge on any atom is -0.482 e. The second kappa shape index (κ2) is 12.0. The molecule has 50 heavy (non-hydrogen) atoms. The Morgan fingerprint density at radius 1 is 1.08 bits per heavy atom. The molecule has 8 rings (SSSR count). The fraction of sp³-hybridized carbons (Fsp3) is 0.487. The maximum absolute atomic E-state index is 14.0. The van der Waals surface area contributed by atoms with Crippen LogP contribution in [0.3, 0.4) is 0 Å². The van der Waals surface area contributed by atoms with Crippen LogP contribution in [0.2, 0.25) is 18.1 Å². The first-order valence-electron chi connectivity index (χ1n) is 17.5. The molecule has 2 aromatic carbocycles. The van der Waals surface area contributed by atoms with Gasteiger partial charge >= 0.3 is 0 Å². The number of hydrogen-bond donors (Lipinski definition) is 0. The second-order valence-corrected chi connectivity index (χ2v) is 21.6. The van der Waals surface area contributed by atoms with Gasteiger partial charge in [0.2, 0.25) is 0 Å². The van der Waals surface area contributed by atoms with Gasteiger partial charge in [0.05, 0.1) is 29.7 Å². The average molecular weight is 698 g/mol. The molecule has 3 heterocycles. The predicted molar refractivity (Wildman–Crippen MR) is 191 cm³/mol. The molecule has 0 radical (unpaired) electrons. The first kappa shape index (κ1) is 34.3. The SMILES string of the molecule is CC(C)Cc1nc2c(cnn2CC23CC(CO[Si](C)(C)C(C)(C)C)(C2)C3)c(-c2ccc3c(c2)OCC(=O)N3Cc2ccc(F)c(F)c2)c1C#N. The Labute approximate surface area is 293 Å². The van der Waals surface area contributed by atoms with E-state index in [1.165, 1.54) is 11.0 Å². The number of ether oxygens (including phenoxy) is 1. The summed E-state index contributed by atoms with van der Waals surface area (Å²) in [6.45, 7) is 17.2. The van der Waals surface area contributed by atoms with E-state index in [1.807, 2.05) is 23.0 Å². The fourth-order valence-electron chi connectivity index (χ4n) is 7.98. The zero-order chi connectivity index (χ0) is 35.8. The molecule has 0 spiro atoms. The third-order valence-electron chi connectivity index (χ3n) is 11.4. The van der Waals surface area contributed by atoms with E-state index in [0.717, 1.165) is 72.4 Å². The Balaban J connectivity index is 1.20. The number of amides is 1. The molecule has 1 amide bonds. The molecule has 0 saturated heterocycles. The Kier molecular flexibility index (Phi) is 8.22. The van der Waals surface area contributed by atoms with E-state index >= 15 is 0 Å². The second-order valence-electron chi connectivity index (χ2n) is 16.8. The van der Waals surface area contributed by atoms with Crippen molar-refractivity contribution in [3.8, 4) is 22.9 Å². The molecule has 11 heteroatoms. The van der Waals surface area contributed by atoms with Gasteiger partial charge in [-0.2, -0.15) is 10.4 Å². The summed E-state index contributed by atoms with van der Waals surface area (Å²) in [7, 11) is -1.81. The molecule has 2 aromatic heterocycles. The molecule has 1 aliphatic heterocycles. The summed E-state index contributed by atoms with van der Waals surface area (Å²) in [6, 6.07) is 11.6. The summed E-state index contributed by atoms with van der Waals surface area (Å²) >= 11 is 0. The van der Waals surface area contributed by atoms with Gasteiger partial charge in [0.15, 0.2) is 32.2 Å². The minimum absolute atomic E-state index is 0.0610. The molecule has 3 aliphatic carbocycles. The van der Waals surface area contributed by atoms with Crippen LogP contribution in [-0.2, 0) is 28.7 Å². The lowest BCUT2D eigenvalue weighted by Gasteiger charge is -2.71. The molecular formula is C39H45F2N5O3Si. The van der Waals surface area contributed by atoms with Crippen molar-refractivity contribution in [1.82, 2.24) is 14.8 Å². The van der Waals surface area contributed by atoms with Gasteiger partial charge in [-0.05, 0) is 96.0 Å². The zero-order valence-corrected chi connectivity index (χ0v) is 31.0. The summed E-state index contributed by atoms with van der Waals surface area (Å²) < 4.78 is 42.1. The highest BCUT2D eigenvalue weighted by Crippen LogP contribution is 2.74. The number of carbonyl (C=O) groups excluding carboxylic acids is 1. The third kappa shape index (κ3) is 5.90. The highest BCUT2D eigenvalue weighted by Gasteiger charge is 2.68. The number of pyridine rings is 1. The van der Waals surface area contributed by atoms with Gasteiger partial charge in [-0.1, -0.05) is 46.8 Å². The Hall–Kier alpha value is -4.14. The van der Waals surface area contributed by atoms with E-state index in [0.29, 0.717) is 29.0 Å². The van der Waals surface area contributed by atoms with E-state index in [-0.39, 0.29) is 40.8 Å². The molecule has 3 saturated carbocycles. The Bertz CT molecular complexity index is 2040. The van der Waals surface area contributed by atoms with Gasteiger partial charge in [-0.3, -0.25) is 4.79 Å². The average Bonchev–Trinajstić information content (AvgIpc) is 3.40. The van der Waals surface area contributed by atoms with Crippen LogP contribution < -0.4 is 9.64 Å². The van der Waals surface area contributed by atoms with E-state index in [9.17, 15) is 18.8 Å². The number of hydrogen-bond acceptors (Lipinski definition) is 6. The third-order valence-corrected chi connectivity index (χ3v) is 15.8. The predicted octanol–water partition coefficient (Wildman–Crippen LogP) is 8.56. The van der Waals surface area contributed by atoms with Crippen molar-refractivity contribution in [2.75, 3.05) is 18.1 Å². The monoisotopic (exact) mass is 697 g/mol. The molecule has 4 aromatic rings. The molecule has 0 unspecified atom stereocenters. The van der Waals surface area contributed by atoms with E-state index < -0.39 is 20.0 Å². The number of rotatable bonds is 10.